The van der Waals surface area contributed by atoms with Crippen LogP contribution in [0.1, 0.15) is 23.9 Å². The molecule has 2 fully saturated rings. The molecule has 0 unspecified atom stereocenters. The number of allylic oxidation sites excluding steroid dienone is 2. The summed E-state index contributed by atoms with van der Waals surface area (Å²) >= 11 is 14.4. The van der Waals surface area contributed by atoms with Crippen molar-refractivity contribution in [2.24, 2.45) is 0 Å². The van der Waals surface area contributed by atoms with Crippen molar-refractivity contribution in [2.45, 2.75) is 34.7 Å². The van der Waals surface area contributed by atoms with Gasteiger partial charge in [0.15, 0.2) is 9.75 Å². The Kier molecular flexibility index (Phi) is 5.12. The van der Waals surface area contributed by atoms with E-state index in [0.717, 1.165) is 14.9 Å². The average Bonchev–Trinajstić information content (AvgIpc) is 3.29. The highest BCUT2D eigenvalue weighted by atomic mass is 35.5. The highest BCUT2D eigenvalue weighted by molar-refractivity contribution is 6.53. The third kappa shape index (κ3) is 2.88. The number of carbonyl (C=O) groups excluding carboxylic acids is 2. The van der Waals surface area contributed by atoms with E-state index in [-0.39, 0.29) is 18.7 Å². The lowest BCUT2D eigenvalue weighted by molar-refractivity contribution is -0.137. The van der Waals surface area contributed by atoms with Crippen molar-refractivity contribution >= 4 is 45.8 Å². The Morgan fingerprint density at radius 3 is 2.33 bits per heavy atom. The maximum absolute atomic E-state index is 13.9. The van der Waals surface area contributed by atoms with Gasteiger partial charge in [-0.25, -0.2) is 23.5 Å². The number of alkyl halides is 2. The Morgan fingerprint density at radius 1 is 0.875 bits per heavy atom. The lowest BCUT2D eigenvalue weighted by atomic mass is 9.63. The van der Waals surface area contributed by atoms with E-state index in [2.05, 4.69) is 0 Å². The topological polar surface area (TPSA) is 107 Å². The Morgan fingerprint density at radius 2 is 1.57 bits per heavy atom. The third-order valence-corrected chi connectivity index (χ3v) is 9.95. The van der Waals surface area contributed by atoms with Crippen LogP contribution in [0.2, 0.25) is 0 Å². The molecule has 7 rings (SSSR count). The molecule has 3 heterocycles. The van der Waals surface area contributed by atoms with Gasteiger partial charge in [-0.2, -0.15) is 0 Å². The summed E-state index contributed by atoms with van der Waals surface area (Å²) < 4.78 is 3.67. The molecule has 4 atom stereocenters. The minimum Gasteiger partial charge on any atom is -0.508 e. The van der Waals surface area contributed by atoms with Crippen LogP contribution in [0.3, 0.4) is 0 Å². The van der Waals surface area contributed by atoms with Gasteiger partial charge in [0.25, 0.3) is 11.8 Å². The number of phenolic OH excluding ortho intramolecular Hbond substituents is 1. The van der Waals surface area contributed by atoms with Crippen molar-refractivity contribution in [1.29, 1.82) is 0 Å². The number of amides is 2. The number of imide groups is 1. The summed E-state index contributed by atoms with van der Waals surface area (Å²) in [5.41, 5.74) is 0.0960. The molecule has 4 aromatic rings. The van der Waals surface area contributed by atoms with Crippen molar-refractivity contribution in [3.63, 3.8) is 0 Å². The SMILES string of the molecule is CN1C(=O)[C@]2(Cl)C[C@@H]3C(=CCn4c(=O)n(-c5ccccc5)c(=O)n43)[C@H](c3c(O)ccc4ccccc34)[C@]2(Cl)C1=O. The molecular weight excluding hydrogens is 555 g/mol. The quantitative estimate of drug-likeness (QED) is 0.224. The van der Waals surface area contributed by atoms with Gasteiger partial charge in [-0.1, -0.05) is 54.6 Å². The van der Waals surface area contributed by atoms with E-state index in [1.807, 2.05) is 12.1 Å². The largest absolute Gasteiger partial charge is 0.508 e. The van der Waals surface area contributed by atoms with Crippen molar-refractivity contribution in [3.8, 4) is 11.4 Å². The number of likely N-dealkylation sites (tertiary alicyclic amines) is 1. The number of carbonyl (C=O) groups is 2. The number of rotatable bonds is 2. The smallest absolute Gasteiger partial charge is 0.352 e. The van der Waals surface area contributed by atoms with Crippen LogP contribution in [0.15, 0.2) is 88.0 Å². The monoisotopic (exact) mass is 576 g/mol. The number of fused-ring (bicyclic) bond motifs is 5. The molecular formula is C29H22Cl2N4O5. The van der Waals surface area contributed by atoms with Crippen LogP contribution in [0.5, 0.6) is 5.75 Å². The van der Waals surface area contributed by atoms with Gasteiger partial charge in [0.05, 0.1) is 18.3 Å². The molecule has 3 aliphatic rings. The van der Waals surface area contributed by atoms with Gasteiger partial charge >= 0.3 is 11.4 Å². The maximum Gasteiger partial charge on any atom is 0.352 e. The summed E-state index contributed by atoms with van der Waals surface area (Å²) in [6.45, 7) is 0.0159. The van der Waals surface area contributed by atoms with Gasteiger partial charge in [-0.05, 0) is 34.5 Å². The molecule has 1 saturated carbocycles. The van der Waals surface area contributed by atoms with E-state index in [1.165, 1.54) is 22.5 Å². The first-order chi connectivity index (χ1) is 19.1. The molecule has 1 saturated heterocycles. The molecule has 9 nitrogen and oxygen atoms in total. The second kappa shape index (κ2) is 8.22. The molecule has 0 bridgehead atoms. The normalized spacial score (nSPS) is 27.4. The number of nitrogens with zero attached hydrogens (tertiary/aromatic N) is 4. The Balaban J connectivity index is 1.54. The number of aromatic hydroxyl groups is 1. The predicted molar refractivity (Wildman–Crippen MR) is 149 cm³/mol. The van der Waals surface area contributed by atoms with E-state index in [0.29, 0.717) is 22.2 Å². The zero-order valence-corrected chi connectivity index (χ0v) is 22.6. The van der Waals surface area contributed by atoms with E-state index in [4.69, 9.17) is 23.2 Å². The van der Waals surface area contributed by atoms with E-state index in [1.54, 1.807) is 54.6 Å². The number of hydrogen-bond donors (Lipinski definition) is 1. The summed E-state index contributed by atoms with van der Waals surface area (Å²) in [4.78, 5) is 51.7. The number of benzene rings is 3. The second-order valence-electron chi connectivity index (χ2n) is 10.4. The van der Waals surface area contributed by atoms with Crippen LogP contribution in [0, 0.1) is 0 Å². The molecule has 1 aliphatic carbocycles. The molecule has 11 heteroatoms. The zero-order valence-electron chi connectivity index (χ0n) is 21.1. The second-order valence-corrected chi connectivity index (χ2v) is 11.7. The van der Waals surface area contributed by atoms with E-state index < -0.39 is 44.9 Å². The van der Waals surface area contributed by atoms with Crippen molar-refractivity contribution in [2.75, 3.05) is 7.05 Å². The van der Waals surface area contributed by atoms with Gasteiger partial charge in [-0.15, -0.1) is 23.2 Å². The predicted octanol–water partition coefficient (Wildman–Crippen LogP) is 3.28. The van der Waals surface area contributed by atoms with Gasteiger partial charge in [0.1, 0.15) is 5.75 Å². The Hall–Kier alpha value is -4.08. The van der Waals surface area contributed by atoms with Crippen LogP contribution in [-0.4, -0.2) is 52.5 Å². The number of halogens is 2. The van der Waals surface area contributed by atoms with Crippen LogP contribution >= 0.6 is 23.2 Å². The summed E-state index contributed by atoms with van der Waals surface area (Å²) in [5.74, 6) is -2.61. The fraction of sp³-hybridized carbons (Fsp3) is 0.241. The summed E-state index contributed by atoms with van der Waals surface area (Å²) in [6.07, 6.45) is 1.54. The van der Waals surface area contributed by atoms with Crippen LogP contribution < -0.4 is 11.4 Å². The van der Waals surface area contributed by atoms with Gasteiger partial charge in [0.2, 0.25) is 0 Å². The van der Waals surface area contributed by atoms with Crippen LogP contribution in [0.25, 0.3) is 16.5 Å². The number of aromatic nitrogens is 3. The van der Waals surface area contributed by atoms with Gasteiger partial charge < -0.3 is 5.11 Å². The third-order valence-electron chi connectivity index (χ3n) is 8.53. The van der Waals surface area contributed by atoms with Gasteiger partial charge in [-0.3, -0.25) is 14.5 Å². The first kappa shape index (κ1) is 24.9. The first-order valence-electron chi connectivity index (χ1n) is 12.7. The highest BCUT2D eigenvalue weighted by Gasteiger charge is 2.75. The van der Waals surface area contributed by atoms with Crippen molar-refractivity contribution < 1.29 is 14.7 Å². The fourth-order valence-electron chi connectivity index (χ4n) is 6.71. The molecule has 0 spiro atoms. The number of hydrogen-bond acceptors (Lipinski definition) is 5. The molecule has 2 aliphatic heterocycles. The Bertz CT molecular complexity index is 1930. The molecule has 3 aromatic carbocycles. The lowest BCUT2D eigenvalue weighted by Crippen LogP contribution is -2.59. The van der Waals surface area contributed by atoms with Crippen LogP contribution in [0.4, 0.5) is 0 Å². The zero-order chi connectivity index (χ0) is 28.1. The van der Waals surface area contributed by atoms with Crippen molar-refractivity contribution in [1.82, 2.24) is 18.8 Å². The fourth-order valence-corrected chi connectivity index (χ4v) is 7.69. The Labute approximate surface area is 237 Å². The molecule has 40 heavy (non-hydrogen) atoms. The van der Waals surface area contributed by atoms with Gasteiger partial charge in [0, 0.05) is 24.9 Å². The number of para-hydroxylation sites is 1. The van der Waals surface area contributed by atoms with Crippen LogP contribution in [-0.2, 0) is 16.1 Å². The van der Waals surface area contributed by atoms with Crippen molar-refractivity contribution in [3.05, 3.63) is 105 Å². The summed E-state index contributed by atoms with van der Waals surface area (Å²) in [5, 5.41) is 12.7. The standard InChI is InChI=1S/C29H22Cl2N4O5/c1-32-24(37)28(30)15-20-19(13-14-33-26(39)34(27(40)35(20)33)17-8-3-2-4-9-17)23(29(28,31)25(32)38)22-18-10-6-5-7-16(18)11-12-21(22)36/h2-13,20,23,36H,14-15H2,1H3/t20-,23-,28-,29+/m1/s1. The number of phenols is 1. The molecule has 1 N–H and O–H groups in total. The maximum atomic E-state index is 13.9. The molecule has 0 radical (unpaired) electrons. The summed E-state index contributed by atoms with van der Waals surface area (Å²) in [6, 6.07) is 18.2. The lowest BCUT2D eigenvalue weighted by Gasteiger charge is -2.49. The van der Waals surface area contributed by atoms with E-state index in [9.17, 15) is 24.3 Å². The molecule has 1 aromatic heterocycles. The highest BCUT2D eigenvalue weighted by Crippen LogP contribution is 2.64. The van der Waals surface area contributed by atoms with E-state index >= 15 is 0 Å². The molecule has 202 valence electrons. The first-order valence-corrected chi connectivity index (χ1v) is 13.5. The minimum atomic E-state index is -2.00. The minimum absolute atomic E-state index is 0.0159. The average molecular weight is 577 g/mol. The molecule has 2 amide bonds. The summed E-state index contributed by atoms with van der Waals surface area (Å²) in [7, 11) is 1.32.